The topological polar surface area (TPSA) is 95.9 Å². The molecule has 3 N–H and O–H groups in total. The molecule has 0 unspecified atom stereocenters. The summed E-state index contributed by atoms with van der Waals surface area (Å²) in [5.74, 6) is -1.41. The number of aliphatic hydroxyl groups is 1. The number of rotatable bonds is 4. The van der Waals surface area contributed by atoms with E-state index in [4.69, 9.17) is 9.84 Å². The van der Waals surface area contributed by atoms with Crippen molar-refractivity contribution in [3.63, 3.8) is 0 Å². The summed E-state index contributed by atoms with van der Waals surface area (Å²) in [6.45, 7) is 3.26. The van der Waals surface area contributed by atoms with E-state index in [1.54, 1.807) is 13.8 Å². The molecular weight excluding hydrogens is 214 g/mol. The van der Waals surface area contributed by atoms with Crippen LogP contribution in [0.25, 0.3) is 0 Å². The Labute approximate surface area is 93.6 Å². The number of carboxylic acid groups (broad SMARTS) is 1. The molecule has 6 heteroatoms. The van der Waals surface area contributed by atoms with Crippen molar-refractivity contribution in [2.45, 2.75) is 44.5 Å². The van der Waals surface area contributed by atoms with Gasteiger partial charge in [-0.1, -0.05) is 0 Å². The lowest BCUT2D eigenvalue weighted by Crippen LogP contribution is -2.43. The number of aliphatic carboxylic acids is 1. The summed E-state index contributed by atoms with van der Waals surface area (Å²) in [4.78, 5) is 22.1. The maximum Gasteiger partial charge on any atom is 0.332 e. The molecule has 1 fully saturated rings. The second kappa shape index (κ2) is 4.80. The summed E-state index contributed by atoms with van der Waals surface area (Å²) < 4.78 is 5.06. The molecule has 0 aromatic rings. The number of ether oxygens (including phenoxy) is 1. The average molecular weight is 231 g/mol. The fourth-order valence-electron chi connectivity index (χ4n) is 1.43. The highest BCUT2D eigenvalue weighted by molar-refractivity contribution is 5.82. The molecule has 1 aliphatic heterocycles. The summed E-state index contributed by atoms with van der Waals surface area (Å²) in [6.07, 6.45) is -0.869. The van der Waals surface area contributed by atoms with Gasteiger partial charge < -0.3 is 20.3 Å². The number of hydrogen-bond acceptors (Lipinski definition) is 4. The van der Waals surface area contributed by atoms with E-state index >= 15 is 0 Å². The highest BCUT2D eigenvalue weighted by atomic mass is 16.5. The van der Waals surface area contributed by atoms with Crippen molar-refractivity contribution >= 4 is 11.9 Å². The van der Waals surface area contributed by atoms with Gasteiger partial charge in [0.1, 0.15) is 6.10 Å². The van der Waals surface area contributed by atoms with Crippen molar-refractivity contribution in [3.05, 3.63) is 0 Å². The molecule has 0 saturated carbocycles. The number of carbonyl (C=O) groups excluding carboxylic acids is 1. The second-order valence-electron chi connectivity index (χ2n) is 4.56. The Morgan fingerprint density at radius 2 is 1.94 bits per heavy atom. The van der Waals surface area contributed by atoms with E-state index in [1.807, 2.05) is 0 Å². The molecule has 6 nitrogen and oxygen atoms in total. The molecule has 1 heterocycles. The molecular formula is C10H17NO5. The van der Waals surface area contributed by atoms with E-state index in [1.165, 1.54) is 0 Å². The standard InChI is InChI=1S/C10H17NO5/c1-10(2,15)5-11-8(12)6-3-4-7(16-6)9(13)14/h6-7,15H,3-5H2,1-2H3,(H,11,12)(H,13,14)/t6-,7+/m0/s1. The van der Waals surface area contributed by atoms with E-state index in [2.05, 4.69) is 5.32 Å². The van der Waals surface area contributed by atoms with E-state index in [-0.39, 0.29) is 12.5 Å². The molecule has 1 amide bonds. The predicted molar refractivity (Wildman–Crippen MR) is 54.8 cm³/mol. The first-order valence-electron chi connectivity index (χ1n) is 5.18. The molecule has 92 valence electrons. The van der Waals surface area contributed by atoms with Crippen LogP contribution < -0.4 is 5.32 Å². The first-order valence-corrected chi connectivity index (χ1v) is 5.18. The number of nitrogens with one attached hydrogen (secondary N) is 1. The zero-order valence-electron chi connectivity index (χ0n) is 9.40. The van der Waals surface area contributed by atoms with Gasteiger partial charge >= 0.3 is 5.97 Å². The third-order valence-electron chi connectivity index (χ3n) is 2.28. The molecule has 1 aliphatic rings. The summed E-state index contributed by atoms with van der Waals surface area (Å²) in [7, 11) is 0. The lowest BCUT2D eigenvalue weighted by atomic mass is 10.1. The highest BCUT2D eigenvalue weighted by Crippen LogP contribution is 2.19. The molecule has 0 aromatic heterocycles. The van der Waals surface area contributed by atoms with Crippen LogP contribution in [0.5, 0.6) is 0 Å². The van der Waals surface area contributed by atoms with Gasteiger partial charge in [0.25, 0.3) is 0 Å². The molecule has 1 saturated heterocycles. The second-order valence-corrected chi connectivity index (χ2v) is 4.56. The van der Waals surface area contributed by atoms with Gasteiger partial charge in [0.15, 0.2) is 6.10 Å². The Hall–Kier alpha value is -1.14. The molecule has 16 heavy (non-hydrogen) atoms. The van der Waals surface area contributed by atoms with E-state index < -0.39 is 23.8 Å². The minimum Gasteiger partial charge on any atom is -0.479 e. The van der Waals surface area contributed by atoms with Gasteiger partial charge in [0.05, 0.1) is 5.60 Å². The highest BCUT2D eigenvalue weighted by Gasteiger charge is 2.34. The average Bonchev–Trinajstić information content (AvgIpc) is 2.61. The van der Waals surface area contributed by atoms with E-state index in [0.29, 0.717) is 12.8 Å². The molecule has 1 rings (SSSR count). The van der Waals surface area contributed by atoms with Crippen molar-refractivity contribution < 1.29 is 24.5 Å². The van der Waals surface area contributed by atoms with Crippen molar-refractivity contribution in [3.8, 4) is 0 Å². The maximum absolute atomic E-state index is 11.5. The lowest BCUT2D eigenvalue weighted by Gasteiger charge is -2.19. The molecule has 0 spiro atoms. The number of carbonyl (C=O) groups is 2. The zero-order valence-corrected chi connectivity index (χ0v) is 9.40. The lowest BCUT2D eigenvalue weighted by molar-refractivity contribution is -0.152. The van der Waals surface area contributed by atoms with Crippen LogP contribution in [0.3, 0.4) is 0 Å². The van der Waals surface area contributed by atoms with Gasteiger partial charge in [-0.3, -0.25) is 4.79 Å². The minimum atomic E-state index is -1.04. The van der Waals surface area contributed by atoms with Gasteiger partial charge in [-0.15, -0.1) is 0 Å². The fraction of sp³-hybridized carbons (Fsp3) is 0.800. The summed E-state index contributed by atoms with van der Waals surface area (Å²) in [6, 6.07) is 0. The van der Waals surface area contributed by atoms with Gasteiger partial charge in [-0.2, -0.15) is 0 Å². The largest absolute Gasteiger partial charge is 0.479 e. The smallest absolute Gasteiger partial charge is 0.332 e. The van der Waals surface area contributed by atoms with Crippen LogP contribution in [0.4, 0.5) is 0 Å². The summed E-state index contributed by atoms with van der Waals surface area (Å²) in [5, 5.41) is 20.6. The van der Waals surface area contributed by atoms with Crippen LogP contribution in [-0.2, 0) is 14.3 Å². The Morgan fingerprint density at radius 3 is 2.38 bits per heavy atom. The van der Waals surface area contributed by atoms with Crippen LogP contribution in [0, 0.1) is 0 Å². The quantitative estimate of drug-likeness (QED) is 0.606. The van der Waals surface area contributed by atoms with Crippen LogP contribution in [0.1, 0.15) is 26.7 Å². The molecule has 0 radical (unpaired) electrons. The van der Waals surface area contributed by atoms with Crippen LogP contribution in [0.2, 0.25) is 0 Å². The van der Waals surface area contributed by atoms with Gasteiger partial charge in [-0.05, 0) is 26.7 Å². The SMILES string of the molecule is CC(C)(O)CNC(=O)[C@@H]1CC[C@H](C(=O)O)O1. The van der Waals surface area contributed by atoms with Crippen LogP contribution in [0.15, 0.2) is 0 Å². The van der Waals surface area contributed by atoms with Gasteiger partial charge in [-0.25, -0.2) is 4.79 Å². The van der Waals surface area contributed by atoms with E-state index in [0.717, 1.165) is 0 Å². The van der Waals surface area contributed by atoms with E-state index in [9.17, 15) is 14.7 Å². The predicted octanol–water partition coefficient (Wildman–Crippen LogP) is -0.494. The molecule has 0 aromatic carbocycles. The van der Waals surface area contributed by atoms with Crippen molar-refractivity contribution in [1.82, 2.24) is 5.32 Å². The molecule has 0 bridgehead atoms. The number of carboxylic acids is 1. The van der Waals surface area contributed by atoms with Crippen molar-refractivity contribution in [2.24, 2.45) is 0 Å². The summed E-state index contributed by atoms with van der Waals surface area (Å²) in [5.41, 5.74) is -0.986. The van der Waals surface area contributed by atoms with Crippen LogP contribution in [-0.4, -0.2) is 46.4 Å². The Bertz CT molecular complexity index is 283. The third kappa shape index (κ3) is 3.79. The number of hydrogen-bond donors (Lipinski definition) is 3. The molecule has 2 atom stereocenters. The first-order chi connectivity index (χ1) is 7.29. The van der Waals surface area contributed by atoms with Gasteiger partial charge in [0, 0.05) is 6.54 Å². The fourth-order valence-corrected chi connectivity index (χ4v) is 1.43. The van der Waals surface area contributed by atoms with Crippen LogP contribution >= 0.6 is 0 Å². The van der Waals surface area contributed by atoms with Crippen molar-refractivity contribution in [1.29, 1.82) is 0 Å². The van der Waals surface area contributed by atoms with Gasteiger partial charge in [0.2, 0.25) is 5.91 Å². The monoisotopic (exact) mass is 231 g/mol. The Kier molecular flexibility index (Phi) is 3.88. The van der Waals surface area contributed by atoms with Crippen molar-refractivity contribution in [2.75, 3.05) is 6.54 Å². The maximum atomic E-state index is 11.5. The minimum absolute atomic E-state index is 0.115. The molecule has 0 aliphatic carbocycles. The third-order valence-corrected chi connectivity index (χ3v) is 2.28. The first kappa shape index (κ1) is 12.9. The summed E-state index contributed by atoms with van der Waals surface area (Å²) >= 11 is 0. The normalized spacial score (nSPS) is 25.4. The Morgan fingerprint density at radius 1 is 1.38 bits per heavy atom. The number of amides is 1. The zero-order chi connectivity index (χ0) is 12.3. The Balaban J connectivity index is 2.37.